The highest BCUT2D eigenvalue weighted by Crippen LogP contribution is 2.29. The Hall–Kier alpha value is -2.74. The molecule has 2 atom stereocenters. The number of hydrogen-bond donors (Lipinski definition) is 2. The molecule has 4 rings (SSSR count). The molecule has 2 N–H and O–H groups in total. The number of H-pyrrole nitrogens is 1. The second kappa shape index (κ2) is 9.02. The summed E-state index contributed by atoms with van der Waals surface area (Å²) in [6.07, 6.45) is 8.14. The monoisotopic (exact) mass is 454 g/mol. The number of amides is 1. The SMILES string of the molecule is CC(C)S(=O)(=O)c1ccc(-c2cnc3[nH]cc(C(=O)NC[C@@H]4CCCC[C@H]4C)c3n2)cc1. The van der Waals surface area contributed by atoms with Gasteiger partial charge in [-0.15, -0.1) is 0 Å². The van der Waals surface area contributed by atoms with E-state index in [0.717, 1.165) is 12.0 Å². The number of aromatic nitrogens is 3. The Morgan fingerprint density at radius 1 is 1.19 bits per heavy atom. The van der Waals surface area contributed by atoms with Gasteiger partial charge in [0.25, 0.3) is 5.91 Å². The van der Waals surface area contributed by atoms with Crippen LogP contribution in [-0.4, -0.2) is 41.1 Å². The van der Waals surface area contributed by atoms with E-state index in [-0.39, 0.29) is 10.8 Å². The number of nitrogens with zero attached hydrogens (tertiary/aromatic N) is 2. The van der Waals surface area contributed by atoms with E-state index in [2.05, 4.69) is 27.2 Å². The van der Waals surface area contributed by atoms with E-state index >= 15 is 0 Å². The van der Waals surface area contributed by atoms with E-state index in [1.54, 1.807) is 50.5 Å². The minimum absolute atomic E-state index is 0.154. The lowest BCUT2D eigenvalue weighted by Crippen LogP contribution is -2.33. The fraction of sp³-hybridized carbons (Fsp3) is 0.458. The van der Waals surface area contributed by atoms with Crippen molar-refractivity contribution in [2.45, 2.75) is 56.6 Å². The number of hydrogen-bond acceptors (Lipinski definition) is 5. The highest BCUT2D eigenvalue weighted by Gasteiger charge is 2.23. The summed E-state index contributed by atoms with van der Waals surface area (Å²) in [4.78, 5) is 25.2. The predicted octanol–water partition coefficient (Wildman–Crippen LogP) is 4.36. The van der Waals surface area contributed by atoms with Crippen molar-refractivity contribution in [1.29, 1.82) is 0 Å². The molecule has 2 heterocycles. The molecule has 1 aromatic carbocycles. The molecule has 1 amide bonds. The van der Waals surface area contributed by atoms with Gasteiger partial charge < -0.3 is 10.3 Å². The van der Waals surface area contributed by atoms with Gasteiger partial charge in [0.1, 0.15) is 5.52 Å². The van der Waals surface area contributed by atoms with Crippen LogP contribution in [0, 0.1) is 11.8 Å². The molecular weight excluding hydrogens is 424 g/mol. The van der Waals surface area contributed by atoms with E-state index in [9.17, 15) is 13.2 Å². The van der Waals surface area contributed by atoms with Crippen molar-refractivity contribution < 1.29 is 13.2 Å². The standard InChI is InChI=1S/C24H30N4O3S/c1-15(2)32(30,31)19-10-8-17(9-11-19)21-14-26-23-22(28-21)20(13-25-23)24(29)27-12-18-7-5-4-6-16(18)3/h8-11,13-16,18H,4-7,12H2,1-3H3,(H,25,26)(H,27,29)/t16-,18+/m1/s1. The Labute approximate surface area is 189 Å². The second-order valence-corrected chi connectivity index (χ2v) is 11.5. The molecule has 0 spiro atoms. The molecule has 170 valence electrons. The minimum atomic E-state index is -3.33. The number of benzene rings is 1. The molecule has 0 bridgehead atoms. The first kappa shape index (κ1) is 22.5. The summed E-state index contributed by atoms with van der Waals surface area (Å²) < 4.78 is 24.7. The number of nitrogens with one attached hydrogen (secondary N) is 2. The zero-order valence-electron chi connectivity index (χ0n) is 18.8. The highest BCUT2D eigenvalue weighted by atomic mass is 32.2. The average molecular weight is 455 g/mol. The Morgan fingerprint density at radius 3 is 2.59 bits per heavy atom. The molecule has 8 heteroatoms. The van der Waals surface area contributed by atoms with Crippen LogP contribution < -0.4 is 5.32 Å². The largest absolute Gasteiger partial charge is 0.352 e. The van der Waals surface area contributed by atoms with Gasteiger partial charge in [0.2, 0.25) is 0 Å². The van der Waals surface area contributed by atoms with Gasteiger partial charge in [0.05, 0.1) is 27.6 Å². The third-order valence-corrected chi connectivity index (χ3v) is 8.71. The van der Waals surface area contributed by atoms with E-state index in [1.807, 2.05) is 0 Å². The molecule has 0 saturated heterocycles. The van der Waals surface area contributed by atoms with Crippen LogP contribution in [0.5, 0.6) is 0 Å². The fourth-order valence-corrected chi connectivity index (χ4v) is 5.37. The molecule has 0 unspecified atom stereocenters. The summed E-state index contributed by atoms with van der Waals surface area (Å²) in [5.74, 6) is 0.986. The third-order valence-electron chi connectivity index (χ3n) is 6.54. The van der Waals surface area contributed by atoms with Crippen LogP contribution in [0.3, 0.4) is 0 Å². The molecule has 1 aliphatic rings. The van der Waals surface area contributed by atoms with Gasteiger partial charge in [0, 0.05) is 18.3 Å². The maximum Gasteiger partial charge on any atom is 0.255 e. The van der Waals surface area contributed by atoms with Crippen molar-refractivity contribution in [2.75, 3.05) is 6.54 Å². The van der Waals surface area contributed by atoms with Gasteiger partial charge in [-0.25, -0.2) is 18.4 Å². The van der Waals surface area contributed by atoms with Gasteiger partial charge in [-0.2, -0.15) is 0 Å². The average Bonchev–Trinajstić information content (AvgIpc) is 3.21. The highest BCUT2D eigenvalue weighted by molar-refractivity contribution is 7.92. The lowest BCUT2D eigenvalue weighted by atomic mass is 9.80. The van der Waals surface area contributed by atoms with Crippen LogP contribution in [0.25, 0.3) is 22.4 Å². The van der Waals surface area contributed by atoms with Crippen molar-refractivity contribution in [1.82, 2.24) is 20.3 Å². The van der Waals surface area contributed by atoms with E-state index in [0.29, 0.717) is 40.8 Å². The van der Waals surface area contributed by atoms with E-state index < -0.39 is 15.1 Å². The zero-order valence-corrected chi connectivity index (χ0v) is 19.6. The Morgan fingerprint density at radius 2 is 1.91 bits per heavy atom. The van der Waals surface area contributed by atoms with Gasteiger partial charge >= 0.3 is 0 Å². The van der Waals surface area contributed by atoms with Crippen LogP contribution in [-0.2, 0) is 9.84 Å². The Bertz CT molecular complexity index is 1220. The van der Waals surface area contributed by atoms with Crippen LogP contribution in [0.15, 0.2) is 41.6 Å². The second-order valence-electron chi connectivity index (χ2n) is 9.00. The number of fused-ring (bicyclic) bond motifs is 1. The quantitative estimate of drug-likeness (QED) is 0.576. The van der Waals surface area contributed by atoms with Crippen molar-refractivity contribution in [3.8, 4) is 11.3 Å². The molecule has 3 aromatic rings. The molecule has 1 fully saturated rings. The van der Waals surface area contributed by atoms with Crippen LogP contribution >= 0.6 is 0 Å². The maximum absolute atomic E-state index is 12.9. The third kappa shape index (κ3) is 4.41. The number of aromatic amines is 1. The predicted molar refractivity (Wildman–Crippen MR) is 125 cm³/mol. The molecule has 7 nitrogen and oxygen atoms in total. The summed E-state index contributed by atoms with van der Waals surface area (Å²) in [6, 6.07) is 6.63. The summed E-state index contributed by atoms with van der Waals surface area (Å²) >= 11 is 0. The maximum atomic E-state index is 12.9. The van der Waals surface area contributed by atoms with Gasteiger partial charge in [-0.1, -0.05) is 38.3 Å². The summed E-state index contributed by atoms with van der Waals surface area (Å²) in [5, 5.41) is 2.59. The number of rotatable bonds is 6. The first-order valence-electron chi connectivity index (χ1n) is 11.2. The smallest absolute Gasteiger partial charge is 0.255 e. The molecular formula is C24H30N4O3S. The van der Waals surface area contributed by atoms with Crippen molar-refractivity contribution in [2.24, 2.45) is 11.8 Å². The molecule has 32 heavy (non-hydrogen) atoms. The lowest BCUT2D eigenvalue weighted by molar-refractivity contribution is 0.0938. The van der Waals surface area contributed by atoms with Crippen molar-refractivity contribution >= 4 is 26.9 Å². The lowest BCUT2D eigenvalue weighted by Gasteiger charge is -2.28. The molecule has 2 aromatic heterocycles. The molecule has 1 saturated carbocycles. The number of sulfone groups is 1. The van der Waals surface area contributed by atoms with Gasteiger partial charge in [-0.3, -0.25) is 4.79 Å². The Kier molecular flexibility index (Phi) is 6.33. The summed E-state index contributed by atoms with van der Waals surface area (Å²) in [6.45, 7) is 6.26. The fourth-order valence-electron chi connectivity index (χ4n) is 4.31. The van der Waals surface area contributed by atoms with Crippen LogP contribution in [0.1, 0.15) is 56.8 Å². The van der Waals surface area contributed by atoms with E-state index in [4.69, 9.17) is 0 Å². The van der Waals surface area contributed by atoms with E-state index in [1.165, 1.54) is 19.3 Å². The molecule has 1 aliphatic carbocycles. The van der Waals surface area contributed by atoms with Crippen molar-refractivity contribution in [3.63, 3.8) is 0 Å². The summed E-state index contributed by atoms with van der Waals surface area (Å²) in [7, 11) is -3.33. The van der Waals surface area contributed by atoms with Crippen LogP contribution in [0.4, 0.5) is 0 Å². The normalized spacial score (nSPS) is 19.4. The first-order valence-corrected chi connectivity index (χ1v) is 12.8. The zero-order chi connectivity index (χ0) is 22.9. The summed E-state index contributed by atoms with van der Waals surface area (Å²) in [5.41, 5.74) is 2.85. The Balaban J connectivity index is 1.55. The van der Waals surface area contributed by atoms with Gasteiger partial charge in [-0.05, 0) is 44.2 Å². The number of carbonyl (C=O) groups is 1. The number of carbonyl (C=O) groups excluding carboxylic acids is 1. The van der Waals surface area contributed by atoms with Gasteiger partial charge in [0.15, 0.2) is 15.5 Å². The minimum Gasteiger partial charge on any atom is -0.352 e. The van der Waals surface area contributed by atoms with Crippen molar-refractivity contribution in [3.05, 3.63) is 42.2 Å². The first-order chi connectivity index (χ1) is 15.3. The molecule has 0 aliphatic heterocycles. The topological polar surface area (TPSA) is 105 Å². The molecule has 0 radical (unpaired) electrons. The van der Waals surface area contributed by atoms with Crippen LogP contribution in [0.2, 0.25) is 0 Å².